The molecule has 0 saturated carbocycles. The van der Waals surface area contributed by atoms with Crippen LogP contribution in [0.2, 0.25) is 0 Å². The third kappa shape index (κ3) is 5.17. The molecule has 0 N–H and O–H groups in total. The Morgan fingerprint density at radius 3 is 1.23 bits per heavy atom. The first-order valence-corrected chi connectivity index (χ1v) is 21.7. The van der Waals surface area contributed by atoms with E-state index in [9.17, 15) is 0 Å². The average molecular weight is 743 g/mol. The molecule has 11 rings (SSSR count). The van der Waals surface area contributed by atoms with Crippen LogP contribution >= 0.6 is 0 Å². The van der Waals surface area contributed by atoms with Gasteiger partial charge in [0.1, 0.15) is 0 Å². The van der Waals surface area contributed by atoms with Gasteiger partial charge in [0.05, 0.1) is 27.8 Å². The van der Waals surface area contributed by atoms with Crippen molar-refractivity contribution in [2.75, 3.05) is 0 Å². The molecule has 0 fully saturated rings. The van der Waals surface area contributed by atoms with Gasteiger partial charge < -0.3 is 9.13 Å². The van der Waals surface area contributed by atoms with Crippen molar-refractivity contribution < 1.29 is 0 Å². The number of fused-ring (bicyclic) bond motifs is 6. The molecule has 2 aromatic heterocycles. The van der Waals surface area contributed by atoms with E-state index in [1.165, 1.54) is 81.2 Å². The van der Waals surface area contributed by atoms with E-state index in [1.54, 1.807) is 0 Å². The van der Waals surface area contributed by atoms with Gasteiger partial charge >= 0.3 is 0 Å². The highest BCUT2D eigenvalue weighted by molar-refractivity contribution is 7.19. The van der Waals surface area contributed by atoms with Crippen LogP contribution in [0.15, 0.2) is 231 Å². The maximum atomic E-state index is 2.52. The van der Waals surface area contributed by atoms with Crippen molar-refractivity contribution in [1.29, 1.82) is 0 Å². The predicted molar refractivity (Wildman–Crippen MR) is 244 cm³/mol. The maximum absolute atomic E-state index is 2.82. The number of hydrogen-bond acceptors (Lipinski definition) is 0. The smallest absolute Gasteiger partial charge is 0.179 e. The summed E-state index contributed by atoms with van der Waals surface area (Å²) in [6.45, 7) is 0. The second-order valence-corrected chi connectivity index (χ2v) is 18.7. The molecule has 0 unspecified atom stereocenters. The van der Waals surface area contributed by atoms with Gasteiger partial charge in [0.2, 0.25) is 0 Å². The Morgan fingerprint density at radius 1 is 0.281 bits per heavy atom. The van der Waals surface area contributed by atoms with Crippen molar-refractivity contribution in [3.8, 4) is 22.5 Å². The summed E-state index contributed by atoms with van der Waals surface area (Å²) in [4.78, 5) is 0. The Morgan fingerprint density at radius 2 is 0.702 bits per heavy atom. The van der Waals surface area contributed by atoms with Gasteiger partial charge in [0.15, 0.2) is 8.07 Å². The Kier molecular flexibility index (Phi) is 7.87. The number of para-hydroxylation sites is 3. The van der Waals surface area contributed by atoms with Crippen LogP contribution in [0.5, 0.6) is 0 Å². The van der Waals surface area contributed by atoms with Crippen molar-refractivity contribution in [3.63, 3.8) is 0 Å². The summed E-state index contributed by atoms with van der Waals surface area (Å²) in [7, 11) is -2.82. The van der Waals surface area contributed by atoms with E-state index in [0.717, 1.165) is 5.69 Å². The number of rotatable bonds is 7. The van der Waals surface area contributed by atoms with Crippen molar-refractivity contribution in [1.82, 2.24) is 9.13 Å². The standard InChI is InChI=1S/C54H38N2Si/c1-5-19-39(20-6-1)45-35-34-44(57(41-21-7-2-8-22-41,42-23-9-3-10-24-42)43-25-11-4-12-26-43)38-54(45)56-52-32-18-15-29-48(52)49-37-40(33-36-53(49)56)55-50-30-16-13-27-46(50)47-28-14-17-31-51(47)55/h1-38H. The molecule has 0 spiro atoms. The molecule has 9 aromatic carbocycles. The van der Waals surface area contributed by atoms with Crippen molar-refractivity contribution in [2.24, 2.45) is 0 Å². The number of nitrogens with zero attached hydrogens (tertiary/aromatic N) is 2. The zero-order chi connectivity index (χ0) is 37.8. The van der Waals surface area contributed by atoms with E-state index < -0.39 is 8.07 Å². The lowest BCUT2D eigenvalue weighted by molar-refractivity contribution is 1.17. The van der Waals surface area contributed by atoms with Gasteiger partial charge in [-0.1, -0.05) is 188 Å². The number of benzene rings is 9. The average Bonchev–Trinajstić information content (AvgIpc) is 3.81. The SMILES string of the molecule is c1ccc(-c2ccc([Si](c3ccccc3)(c3ccccc3)c3ccccc3)cc2-n2c3ccccc3c3cc(-n4c5ccccc5c5ccccc54)ccc32)cc1. The van der Waals surface area contributed by atoms with Crippen molar-refractivity contribution in [2.45, 2.75) is 0 Å². The molecule has 0 atom stereocenters. The summed E-state index contributed by atoms with van der Waals surface area (Å²) < 4.78 is 4.94. The molecule has 0 amide bonds. The predicted octanol–water partition coefficient (Wildman–Crippen LogP) is 10.9. The normalized spacial score (nSPS) is 11.9. The highest BCUT2D eigenvalue weighted by atomic mass is 28.3. The third-order valence-corrected chi connectivity index (χ3v) is 16.6. The van der Waals surface area contributed by atoms with Gasteiger partial charge in [-0.15, -0.1) is 0 Å². The van der Waals surface area contributed by atoms with Gasteiger partial charge in [0, 0.05) is 32.8 Å². The van der Waals surface area contributed by atoms with Gasteiger partial charge in [-0.25, -0.2) is 0 Å². The molecule has 57 heavy (non-hydrogen) atoms. The van der Waals surface area contributed by atoms with E-state index >= 15 is 0 Å². The number of aromatic nitrogens is 2. The van der Waals surface area contributed by atoms with Gasteiger partial charge in [-0.05, 0) is 68.8 Å². The Bertz CT molecular complexity index is 3070. The monoisotopic (exact) mass is 742 g/mol. The summed E-state index contributed by atoms with van der Waals surface area (Å²) in [5.41, 5.74) is 9.52. The minimum absolute atomic E-state index is 1.16. The molecular weight excluding hydrogens is 705 g/mol. The Labute approximate surface area is 333 Å². The molecular formula is C54H38N2Si. The molecule has 0 bridgehead atoms. The fraction of sp³-hybridized carbons (Fsp3) is 0. The quantitative estimate of drug-likeness (QED) is 0.114. The fourth-order valence-electron chi connectivity index (χ4n) is 9.44. The zero-order valence-electron chi connectivity index (χ0n) is 31.3. The van der Waals surface area contributed by atoms with Crippen LogP contribution in [-0.4, -0.2) is 17.2 Å². The van der Waals surface area contributed by atoms with Crippen LogP contribution < -0.4 is 20.7 Å². The summed E-state index contributed by atoms with van der Waals surface area (Å²) >= 11 is 0. The minimum atomic E-state index is -2.82. The molecule has 11 aromatic rings. The van der Waals surface area contributed by atoms with E-state index in [2.05, 4.69) is 240 Å². The summed E-state index contributed by atoms with van der Waals surface area (Å²) in [5.74, 6) is 0. The van der Waals surface area contributed by atoms with Crippen molar-refractivity contribution in [3.05, 3.63) is 231 Å². The molecule has 0 saturated heterocycles. The molecule has 0 radical (unpaired) electrons. The summed E-state index contributed by atoms with van der Waals surface area (Å²) in [6.07, 6.45) is 0. The molecule has 0 aliphatic heterocycles. The third-order valence-electron chi connectivity index (χ3n) is 11.9. The highest BCUT2D eigenvalue weighted by Crippen LogP contribution is 2.39. The van der Waals surface area contributed by atoms with E-state index in [4.69, 9.17) is 0 Å². The van der Waals surface area contributed by atoms with Gasteiger partial charge in [0.25, 0.3) is 0 Å². The van der Waals surface area contributed by atoms with E-state index in [1.807, 2.05) is 0 Å². The minimum Gasteiger partial charge on any atom is -0.309 e. The molecule has 2 nitrogen and oxygen atoms in total. The summed E-state index contributed by atoms with van der Waals surface area (Å²) in [6, 6.07) is 85.3. The molecule has 0 aliphatic carbocycles. The number of hydrogen-bond donors (Lipinski definition) is 0. The van der Waals surface area contributed by atoms with Crippen LogP contribution in [0.1, 0.15) is 0 Å². The van der Waals surface area contributed by atoms with Gasteiger partial charge in [-0.2, -0.15) is 0 Å². The first kappa shape index (κ1) is 33.2. The topological polar surface area (TPSA) is 9.86 Å². The molecule has 3 heteroatoms. The Balaban J connectivity index is 1.23. The zero-order valence-corrected chi connectivity index (χ0v) is 32.3. The second-order valence-electron chi connectivity index (χ2n) is 14.9. The highest BCUT2D eigenvalue weighted by Gasteiger charge is 2.41. The first-order chi connectivity index (χ1) is 28.3. The lowest BCUT2D eigenvalue weighted by Crippen LogP contribution is -2.74. The molecule has 2 heterocycles. The maximum Gasteiger partial charge on any atom is 0.179 e. The fourth-order valence-corrected chi connectivity index (χ4v) is 14.2. The largest absolute Gasteiger partial charge is 0.309 e. The lowest BCUT2D eigenvalue weighted by atomic mass is 10.0. The molecule has 268 valence electrons. The first-order valence-electron chi connectivity index (χ1n) is 19.7. The van der Waals surface area contributed by atoms with Crippen LogP contribution in [-0.2, 0) is 0 Å². The van der Waals surface area contributed by atoms with Crippen LogP contribution in [0, 0.1) is 0 Å². The van der Waals surface area contributed by atoms with E-state index in [0.29, 0.717) is 0 Å². The Hall–Kier alpha value is -7.20. The van der Waals surface area contributed by atoms with Crippen LogP contribution in [0.3, 0.4) is 0 Å². The van der Waals surface area contributed by atoms with E-state index in [-0.39, 0.29) is 0 Å². The van der Waals surface area contributed by atoms with Crippen LogP contribution in [0.4, 0.5) is 0 Å². The summed E-state index contributed by atoms with van der Waals surface area (Å²) in [5, 5.41) is 10.4. The molecule has 0 aliphatic rings. The van der Waals surface area contributed by atoms with Gasteiger partial charge in [-0.3, -0.25) is 0 Å². The van der Waals surface area contributed by atoms with Crippen molar-refractivity contribution >= 4 is 72.4 Å². The second kappa shape index (κ2) is 13.5. The van der Waals surface area contributed by atoms with Crippen LogP contribution in [0.25, 0.3) is 66.1 Å². The lowest BCUT2D eigenvalue weighted by Gasteiger charge is -2.35.